The van der Waals surface area contributed by atoms with Gasteiger partial charge in [0, 0.05) is 22.4 Å². The number of fused-ring (bicyclic) bond motifs is 8. The lowest BCUT2D eigenvalue weighted by atomic mass is 9.82. The minimum Gasteiger partial charge on any atom is -0.310 e. The maximum Gasteiger partial charge on any atom is 0.0543 e. The summed E-state index contributed by atoms with van der Waals surface area (Å²) < 4.78 is 0. The number of anilines is 3. The van der Waals surface area contributed by atoms with E-state index in [-0.39, 0.29) is 5.41 Å². The van der Waals surface area contributed by atoms with E-state index in [9.17, 15) is 0 Å². The van der Waals surface area contributed by atoms with Gasteiger partial charge in [-0.3, -0.25) is 0 Å². The quantitative estimate of drug-likeness (QED) is 0.185. The van der Waals surface area contributed by atoms with Crippen LogP contribution in [0.2, 0.25) is 0 Å². The summed E-state index contributed by atoms with van der Waals surface area (Å²) in [4.78, 5) is 2.41. The fourth-order valence-electron chi connectivity index (χ4n) is 7.74. The highest BCUT2D eigenvalue weighted by molar-refractivity contribution is 6.17. The molecule has 1 aliphatic carbocycles. The van der Waals surface area contributed by atoms with E-state index in [0.717, 1.165) is 11.4 Å². The van der Waals surface area contributed by atoms with Gasteiger partial charge in [0.25, 0.3) is 0 Å². The Bertz CT molecular complexity index is 2430. The van der Waals surface area contributed by atoms with E-state index in [4.69, 9.17) is 0 Å². The minimum absolute atomic E-state index is 0.0529. The predicted molar refractivity (Wildman–Crippen MR) is 197 cm³/mol. The van der Waals surface area contributed by atoms with Crippen LogP contribution < -0.4 is 4.90 Å². The lowest BCUT2D eigenvalue weighted by molar-refractivity contribution is 0.660. The van der Waals surface area contributed by atoms with Gasteiger partial charge < -0.3 is 4.90 Å². The summed E-state index contributed by atoms with van der Waals surface area (Å²) in [6, 6.07) is 60.1. The molecule has 0 aliphatic heterocycles. The van der Waals surface area contributed by atoms with Gasteiger partial charge in [-0.2, -0.15) is 0 Å². The zero-order valence-electron chi connectivity index (χ0n) is 26.0. The van der Waals surface area contributed by atoms with Crippen LogP contribution in [0.5, 0.6) is 0 Å². The molecule has 218 valence electrons. The van der Waals surface area contributed by atoms with Crippen LogP contribution in [0, 0.1) is 0 Å². The van der Waals surface area contributed by atoms with Crippen LogP contribution in [-0.2, 0) is 5.41 Å². The summed E-state index contributed by atoms with van der Waals surface area (Å²) in [5.41, 5.74) is 11.3. The first-order chi connectivity index (χ1) is 22.6. The minimum atomic E-state index is -0.0529. The lowest BCUT2D eigenvalue weighted by Crippen LogP contribution is -2.16. The van der Waals surface area contributed by atoms with Gasteiger partial charge >= 0.3 is 0 Å². The smallest absolute Gasteiger partial charge is 0.0543 e. The maximum atomic E-state index is 2.41. The van der Waals surface area contributed by atoms with Gasteiger partial charge in [-0.05, 0) is 96.5 Å². The molecule has 8 aromatic rings. The number of hydrogen-bond donors (Lipinski definition) is 0. The maximum absolute atomic E-state index is 2.41. The average Bonchev–Trinajstić information content (AvgIpc) is 3.35. The summed E-state index contributed by atoms with van der Waals surface area (Å²) in [5, 5.41) is 7.75. The molecule has 8 aromatic carbocycles. The Balaban J connectivity index is 1.15. The summed E-state index contributed by atoms with van der Waals surface area (Å²) in [7, 11) is 0. The second-order valence-electron chi connectivity index (χ2n) is 13.0. The van der Waals surface area contributed by atoms with E-state index in [1.807, 2.05) is 0 Å². The molecule has 0 amide bonds. The normalized spacial score (nSPS) is 13.2. The Hall–Kier alpha value is -5.66. The third-order valence-corrected chi connectivity index (χ3v) is 10.0. The highest BCUT2D eigenvalue weighted by Crippen LogP contribution is 2.54. The van der Waals surface area contributed by atoms with Gasteiger partial charge in [-0.1, -0.05) is 141 Å². The number of nitrogens with zero attached hydrogens (tertiary/aromatic N) is 1. The van der Waals surface area contributed by atoms with Crippen LogP contribution in [0.25, 0.3) is 54.6 Å². The Morgan fingerprint density at radius 2 is 1.02 bits per heavy atom. The molecule has 1 aliphatic rings. The Morgan fingerprint density at radius 3 is 1.85 bits per heavy atom. The van der Waals surface area contributed by atoms with Crippen molar-refractivity contribution in [3.8, 4) is 22.3 Å². The lowest BCUT2D eigenvalue weighted by Gasteiger charge is -2.29. The van der Waals surface area contributed by atoms with Gasteiger partial charge in [0.05, 0.1) is 5.69 Å². The van der Waals surface area contributed by atoms with Crippen molar-refractivity contribution in [3.05, 3.63) is 175 Å². The van der Waals surface area contributed by atoms with Crippen molar-refractivity contribution in [3.63, 3.8) is 0 Å². The van der Waals surface area contributed by atoms with Gasteiger partial charge in [-0.25, -0.2) is 0 Å². The average molecular weight is 588 g/mol. The van der Waals surface area contributed by atoms with Crippen LogP contribution >= 0.6 is 0 Å². The second kappa shape index (κ2) is 10.2. The van der Waals surface area contributed by atoms with E-state index in [1.54, 1.807) is 0 Å². The molecule has 0 fully saturated rings. The highest BCUT2D eigenvalue weighted by atomic mass is 15.1. The zero-order valence-corrected chi connectivity index (χ0v) is 26.0. The third-order valence-electron chi connectivity index (χ3n) is 10.0. The summed E-state index contributed by atoms with van der Waals surface area (Å²) in [5.74, 6) is 0. The van der Waals surface area contributed by atoms with Crippen LogP contribution in [-0.4, -0.2) is 0 Å². The van der Waals surface area contributed by atoms with Crippen molar-refractivity contribution in [1.82, 2.24) is 0 Å². The number of rotatable bonds is 4. The summed E-state index contributed by atoms with van der Waals surface area (Å²) in [6.07, 6.45) is 0. The molecule has 0 heterocycles. The van der Waals surface area contributed by atoms with E-state index in [1.165, 1.54) is 71.4 Å². The second-order valence-corrected chi connectivity index (χ2v) is 13.0. The van der Waals surface area contributed by atoms with E-state index in [2.05, 4.69) is 183 Å². The first kappa shape index (κ1) is 26.7. The summed E-state index contributed by atoms with van der Waals surface area (Å²) in [6.45, 7) is 4.69. The topological polar surface area (TPSA) is 3.24 Å². The van der Waals surface area contributed by atoms with Crippen molar-refractivity contribution in [2.45, 2.75) is 19.3 Å². The molecule has 0 saturated carbocycles. The first-order valence-corrected chi connectivity index (χ1v) is 16.1. The van der Waals surface area contributed by atoms with Crippen LogP contribution in [0.4, 0.5) is 17.1 Å². The van der Waals surface area contributed by atoms with Crippen molar-refractivity contribution < 1.29 is 0 Å². The molecular formula is C45H33N. The van der Waals surface area contributed by atoms with Crippen LogP contribution in [0.3, 0.4) is 0 Å². The van der Waals surface area contributed by atoms with E-state index in [0.29, 0.717) is 0 Å². The molecule has 0 aromatic heterocycles. The molecule has 0 spiro atoms. The van der Waals surface area contributed by atoms with Crippen LogP contribution in [0.15, 0.2) is 164 Å². The molecule has 0 saturated heterocycles. The monoisotopic (exact) mass is 587 g/mol. The van der Waals surface area contributed by atoms with Gasteiger partial charge in [0.1, 0.15) is 0 Å². The van der Waals surface area contributed by atoms with Crippen molar-refractivity contribution >= 4 is 49.4 Å². The van der Waals surface area contributed by atoms with Crippen molar-refractivity contribution in [2.75, 3.05) is 4.90 Å². The third kappa shape index (κ3) is 4.02. The van der Waals surface area contributed by atoms with Gasteiger partial charge in [0.2, 0.25) is 0 Å². The molecule has 0 bridgehead atoms. The number of para-hydroxylation sites is 1. The van der Waals surface area contributed by atoms with E-state index < -0.39 is 0 Å². The Morgan fingerprint density at radius 1 is 0.413 bits per heavy atom. The fraction of sp³-hybridized carbons (Fsp3) is 0.0667. The molecule has 0 unspecified atom stereocenters. The standard InChI is InChI=1S/C45H33N/c1-45(2)41-16-9-8-15-40(41)44-42(45)17-10-18-43(44)46(34-12-4-3-5-13-34)35-24-19-30(20-25-35)32-22-26-37-33(29-32)23-28-38-36-14-7-6-11-31(36)21-27-39(37)38/h3-29H,1-2H3. The van der Waals surface area contributed by atoms with Gasteiger partial charge in [-0.15, -0.1) is 0 Å². The molecule has 0 atom stereocenters. The van der Waals surface area contributed by atoms with E-state index >= 15 is 0 Å². The Kier molecular flexibility index (Phi) is 5.92. The summed E-state index contributed by atoms with van der Waals surface area (Å²) >= 11 is 0. The molecule has 1 nitrogen and oxygen atoms in total. The SMILES string of the molecule is CC1(C)c2ccccc2-c2c(N(c3ccccc3)c3ccc(-c4ccc5c(ccc6c7ccccc7ccc56)c4)cc3)cccc21. The number of benzene rings is 8. The highest BCUT2D eigenvalue weighted by Gasteiger charge is 2.37. The molecule has 0 N–H and O–H groups in total. The zero-order chi connectivity index (χ0) is 30.8. The van der Waals surface area contributed by atoms with Crippen LogP contribution in [0.1, 0.15) is 25.0 Å². The molecule has 1 heteroatoms. The molecule has 46 heavy (non-hydrogen) atoms. The largest absolute Gasteiger partial charge is 0.310 e. The fourth-order valence-corrected chi connectivity index (χ4v) is 7.74. The molecule has 9 rings (SSSR count). The predicted octanol–water partition coefficient (Wildman–Crippen LogP) is 12.6. The number of hydrogen-bond acceptors (Lipinski definition) is 1. The van der Waals surface area contributed by atoms with Crippen molar-refractivity contribution in [1.29, 1.82) is 0 Å². The molecule has 0 radical (unpaired) electrons. The first-order valence-electron chi connectivity index (χ1n) is 16.1. The molecular weight excluding hydrogens is 555 g/mol. The van der Waals surface area contributed by atoms with Gasteiger partial charge in [0.15, 0.2) is 0 Å². The van der Waals surface area contributed by atoms with Crippen molar-refractivity contribution in [2.24, 2.45) is 0 Å². The Labute approximate surface area is 270 Å².